The fraction of sp³-hybridized carbons (Fsp3) is 0.636. The number of nitrogens with zero attached hydrogens (tertiary/aromatic N) is 4. The largest absolute Gasteiger partial charge is 0.383 e. The van der Waals surface area contributed by atoms with Gasteiger partial charge in [-0.1, -0.05) is 40.0 Å². The number of carbonyl (C=O) groups excluding carboxylic acids is 1. The molecule has 10 nitrogen and oxygen atoms in total. The van der Waals surface area contributed by atoms with Crippen molar-refractivity contribution in [3.8, 4) is 0 Å². The average Bonchev–Trinajstić information content (AvgIpc) is 3.40. The molecule has 1 amide bonds. The Kier molecular flexibility index (Phi) is 7.76. The van der Waals surface area contributed by atoms with Crippen molar-refractivity contribution in [3.05, 3.63) is 33.1 Å². The van der Waals surface area contributed by atoms with E-state index in [0.29, 0.717) is 24.9 Å². The third-order valence-corrected chi connectivity index (χ3v) is 5.80. The Labute approximate surface area is 187 Å². The number of nitrogens with two attached hydrogens (primary N) is 1. The first-order chi connectivity index (χ1) is 15.3. The number of aromatic nitrogens is 4. The number of unbranched alkanes of at least 4 members (excludes halogenated alkanes) is 1. The summed E-state index contributed by atoms with van der Waals surface area (Å²) >= 11 is 0. The lowest BCUT2D eigenvalue weighted by molar-refractivity contribution is -0.115. The molecule has 2 aromatic rings. The summed E-state index contributed by atoms with van der Waals surface area (Å²) in [5.41, 5.74) is 5.33. The van der Waals surface area contributed by atoms with Crippen LogP contribution in [0.25, 0.3) is 0 Å². The van der Waals surface area contributed by atoms with E-state index in [2.05, 4.69) is 15.4 Å². The first-order valence-electron chi connectivity index (χ1n) is 11.5. The molecule has 0 spiro atoms. The number of H-pyrrole nitrogens is 1. The normalized spacial score (nSPS) is 14.2. The summed E-state index contributed by atoms with van der Waals surface area (Å²) in [5, 5.41) is 7.33. The summed E-state index contributed by atoms with van der Waals surface area (Å²) in [6.45, 7) is 6.76. The average molecular weight is 446 g/mol. The van der Waals surface area contributed by atoms with Crippen LogP contribution in [0.5, 0.6) is 0 Å². The summed E-state index contributed by atoms with van der Waals surface area (Å²) in [6, 6.07) is 2.09. The molecule has 0 aromatic carbocycles. The van der Waals surface area contributed by atoms with Gasteiger partial charge in [-0.3, -0.25) is 19.1 Å². The molecular weight excluding hydrogens is 410 g/mol. The van der Waals surface area contributed by atoms with E-state index >= 15 is 0 Å². The van der Waals surface area contributed by atoms with Gasteiger partial charge in [0.25, 0.3) is 5.56 Å². The summed E-state index contributed by atoms with van der Waals surface area (Å²) < 4.78 is 3.25. The molecule has 0 aliphatic heterocycles. The van der Waals surface area contributed by atoms with Gasteiger partial charge in [0, 0.05) is 19.2 Å². The molecule has 3 rings (SSSR count). The van der Waals surface area contributed by atoms with Crippen LogP contribution in [0.15, 0.2) is 21.9 Å². The number of anilines is 3. The second kappa shape index (κ2) is 10.5. The van der Waals surface area contributed by atoms with Crippen molar-refractivity contribution in [1.82, 2.24) is 19.3 Å². The highest BCUT2D eigenvalue weighted by Gasteiger charge is 2.23. The standard InChI is InChI=1S/C22H35N7O3/c1-4-5-12-27(19-20(23)28(13-15(2)3)22(32)26-21(19)31)14-18(30)25-17-10-11-24-29(17)16-8-6-7-9-16/h10-11,15-16H,4-9,12-14,23H2,1-3H3,(H,25,30)(H,26,31,32). The highest BCUT2D eigenvalue weighted by atomic mass is 16.2. The molecule has 2 heterocycles. The minimum Gasteiger partial charge on any atom is -0.383 e. The monoisotopic (exact) mass is 445 g/mol. The molecule has 4 N–H and O–H groups in total. The number of hydrogen-bond acceptors (Lipinski definition) is 6. The summed E-state index contributed by atoms with van der Waals surface area (Å²) in [6.07, 6.45) is 7.78. The third-order valence-electron chi connectivity index (χ3n) is 5.80. The molecule has 1 saturated carbocycles. The predicted molar refractivity (Wildman–Crippen MR) is 126 cm³/mol. The van der Waals surface area contributed by atoms with E-state index in [0.717, 1.165) is 38.5 Å². The van der Waals surface area contributed by atoms with E-state index in [9.17, 15) is 14.4 Å². The van der Waals surface area contributed by atoms with Crippen LogP contribution in [-0.4, -0.2) is 38.3 Å². The maximum atomic E-state index is 13.0. The van der Waals surface area contributed by atoms with Crippen molar-refractivity contribution in [2.24, 2.45) is 5.92 Å². The van der Waals surface area contributed by atoms with E-state index in [4.69, 9.17) is 5.73 Å². The summed E-state index contributed by atoms with van der Waals surface area (Å²) in [5.74, 6) is 0.648. The van der Waals surface area contributed by atoms with E-state index in [1.54, 1.807) is 17.2 Å². The molecule has 0 atom stereocenters. The molecule has 176 valence electrons. The van der Waals surface area contributed by atoms with E-state index < -0.39 is 11.2 Å². The maximum Gasteiger partial charge on any atom is 0.330 e. The number of carbonyl (C=O) groups is 1. The fourth-order valence-corrected chi connectivity index (χ4v) is 4.26. The van der Waals surface area contributed by atoms with Gasteiger partial charge >= 0.3 is 5.69 Å². The Balaban J connectivity index is 1.85. The molecule has 32 heavy (non-hydrogen) atoms. The third kappa shape index (κ3) is 5.41. The van der Waals surface area contributed by atoms with Gasteiger partial charge in [0.15, 0.2) is 0 Å². The van der Waals surface area contributed by atoms with Crippen molar-refractivity contribution < 1.29 is 4.79 Å². The van der Waals surface area contributed by atoms with Gasteiger partial charge in [-0.15, -0.1) is 0 Å². The zero-order chi connectivity index (χ0) is 23.3. The Bertz CT molecular complexity index is 1030. The van der Waals surface area contributed by atoms with Crippen LogP contribution in [0.4, 0.5) is 17.3 Å². The van der Waals surface area contributed by atoms with E-state index in [1.165, 1.54) is 4.57 Å². The van der Waals surface area contributed by atoms with Gasteiger partial charge in [-0.2, -0.15) is 5.10 Å². The Morgan fingerprint density at radius 1 is 1.34 bits per heavy atom. The van der Waals surface area contributed by atoms with Crippen LogP contribution in [0, 0.1) is 5.92 Å². The maximum absolute atomic E-state index is 13.0. The molecule has 0 saturated heterocycles. The number of aromatic amines is 1. The van der Waals surface area contributed by atoms with Crippen molar-refractivity contribution in [1.29, 1.82) is 0 Å². The number of hydrogen-bond donors (Lipinski definition) is 3. The highest BCUT2D eigenvalue weighted by Crippen LogP contribution is 2.31. The summed E-state index contributed by atoms with van der Waals surface area (Å²) in [4.78, 5) is 42.0. The van der Waals surface area contributed by atoms with Gasteiger partial charge in [0.05, 0.1) is 18.8 Å². The van der Waals surface area contributed by atoms with Crippen molar-refractivity contribution in [2.75, 3.05) is 29.0 Å². The molecule has 1 aliphatic carbocycles. The Hall–Kier alpha value is -3.04. The smallest absolute Gasteiger partial charge is 0.330 e. The number of nitrogens with one attached hydrogen (secondary N) is 2. The molecule has 0 bridgehead atoms. The highest BCUT2D eigenvalue weighted by molar-refractivity contribution is 5.93. The van der Waals surface area contributed by atoms with Gasteiger partial charge in [0.1, 0.15) is 17.3 Å². The van der Waals surface area contributed by atoms with Gasteiger partial charge < -0.3 is 16.0 Å². The van der Waals surface area contributed by atoms with Crippen LogP contribution in [-0.2, 0) is 11.3 Å². The number of amides is 1. The quantitative estimate of drug-likeness (QED) is 0.514. The van der Waals surface area contributed by atoms with Crippen LogP contribution in [0.3, 0.4) is 0 Å². The zero-order valence-electron chi connectivity index (χ0n) is 19.3. The second-order valence-corrected chi connectivity index (χ2v) is 8.92. The molecule has 0 unspecified atom stereocenters. The molecule has 10 heteroatoms. The van der Waals surface area contributed by atoms with Crippen LogP contribution in [0.2, 0.25) is 0 Å². The summed E-state index contributed by atoms with van der Waals surface area (Å²) in [7, 11) is 0. The molecular formula is C22H35N7O3. The minimum absolute atomic E-state index is 0.0526. The Morgan fingerprint density at radius 2 is 2.06 bits per heavy atom. The zero-order valence-corrected chi connectivity index (χ0v) is 19.3. The van der Waals surface area contributed by atoms with Crippen molar-refractivity contribution in [2.45, 2.75) is 71.9 Å². The van der Waals surface area contributed by atoms with Crippen molar-refractivity contribution in [3.63, 3.8) is 0 Å². The lowest BCUT2D eigenvalue weighted by Gasteiger charge is -2.26. The van der Waals surface area contributed by atoms with E-state index in [1.807, 2.05) is 25.5 Å². The van der Waals surface area contributed by atoms with Crippen LogP contribution in [0.1, 0.15) is 65.3 Å². The minimum atomic E-state index is -0.576. The molecule has 1 aliphatic rings. The molecule has 2 aromatic heterocycles. The lowest BCUT2D eigenvalue weighted by Crippen LogP contribution is -2.42. The van der Waals surface area contributed by atoms with Crippen molar-refractivity contribution >= 4 is 23.2 Å². The molecule has 1 fully saturated rings. The lowest BCUT2D eigenvalue weighted by atomic mass is 10.2. The van der Waals surface area contributed by atoms with Gasteiger partial charge in [-0.05, 0) is 25.2 Å². The SMILES string of the molecule is CCCCN(CC(=O)Nc1ccnn1C1CCCC1)c1c(N)n(CC(C)C)c(=O)[nH]c1=O. The van der Waals surface area contributed by atoms with Gasteiger partial charge in [-0.25, -0.2) is 9.48 Å². The first kappa shape index (κ1) is 23.6. The second-order valence-electron chi connectivity index (χ2n) is 8.92. The van der Waals surface area contributed by atoms with Gasteiger partial charge in [0.2, 0.25) is 5.91 Å². The fourth-order valence-electron chi connectivity index (χ4n) is 4.26. The van der Waals surface area contributed by atoms with Crippen LogP contribution < -0.4 is 27.2 Å². The number of rotatable bonds is 10. The first-order valence-corrected chi connectivity index (χ1v) is 11.5. The van der Waals surface area contributed by atoms with Crippen LogP contribution >= 0.6 is 0 Å². The molecule has 0 radical (unpaired) electrons. The number of nitrogen functional groups attached to an aromatic ring is 1. The van der Waals surface area contributed by atoms with E-state index in [-0.39, 0.29) is 29.9 Å². The Morgan fingerprint density at radius 3 is 2.72 bits per heavy atom. The topological polar surface area (TPSA) is 131 Å². The predicted octanol–water partition coefficient (Wildman–Crippen LogP) is 2.33.